The van der Waals surface area contributed by atoms with Crippen LogP contribution in [0.1, 0.15) is 23.7 Å². The van der Waals surface area contributed by atoms with Gasteiger partial charge in [-0.1, -0.05) is 0 Å². The van der Waals surface area contributed by atoms with Gasteiger partial charge in [0.05, 0.1) is 35.8 Å². The van der Waals surface area contributed by atoms with Crippen molar-refractivity contribution in [3.05, 3.63) is 47.5 Å². The zero-order valence-corrected chi connectivity index (χ0v) is 11.3. The third kappa shape index (κ3) is 3.34. The summed E-state index contributed by atoms with van der Waals surface area (Å²) in [6.07, 6.45) is -1.23. The lowest BCUT2D eigenvalue weighted by Gasteiger charge is -2.12. The number of aryl methyl sites for hydroxylation is 1. The molecule has 0 spiro atoms. The van der Waals surface area contributed by atoms with Crippen LogP contribution in [0.4, 0.5) is 18.9 Å². The minimum atomic E-state index is -4.55. The standard InChI is InChI=1S/C14H13F3N4/c1-2-21-9-19-7-12(21)8-20-11-4-3-10(6-18)13(5-11)14(15,16)17/h3-5,7,9,20H,2,8H2,1H3. The zero-order chi connectivity index (χ0) is 15.5. The quantitative estimate of drug-likeness (QED) is 0.940. The van der Waals surface area contributed by atoms with Gasteiger partial charge in [0.15, 0.2) is 0 Å². The lowest BCUT2D eigenvalue weighted by atomic mass is 10.1. The molecule has 0 amide bonds. The van der Waals surface area contributed by atoms with Crippen molar-refractivity contribution in [3.63, 3.8) is 0 Å². The molecule has 110 valence electrons. The van der Waals surface area contributed by atoms with Gasteiger partial charge in [-0.25, -0.2) is 4.98 Å². The number of rotatable bonds is 4. The molecule has 1 aromatic carbocycles. The summed E-state index contributed by atoms with van der Waals surface area (Å²) in [6, 6.07) is 5.13. The minimum absolute atomic E-state index is 0.310. The smallest absolute Gasteiger partial charge is 0.379 e. The third-order valence-corrected chi connectivity index (χ3v) is 3.06. The molecule has 4 nitrogen and oxygen atoms in total. The van der Waals surface area contributed by atoms with Crippen molar-refractivity contribution >= 4 is 5.69 Å². The van der Waals surface area contributed by atoms with Crippen molar-refractivity contribution in [2.24, 2.45) is 0 Å². The largest absolute Gasteiger partial charge is 0.417 e. The van der Waals surface area contributed by atoms with Crippen LogP contribution in [-0.2, 0) is 19.3 Å². The summed E-state index contributed by atoms with van der Waals surface area (Å²) in [4.78, 5) is 3.99. The first-order chi connectivity index (χ1) is 9.95. The number of anilines is 1. The first kappa shape index (κ1) is 14.9. The van der Waals surface area contributed by atoms with Gasteiger partial charge in [-0.05, 0) is 25.1 Å². The zero-order valence-electron chi connectivity index (χ0n) is 11.3. The highest BCUT2D eigenvalue weighted by Crippen LogP contribution is 2.33. The predicted molar refractivity (Wildman–Crippen MR) is 71.4 cm³/mol. The first-order valence-corrected chi connectivity index (χ1v) is 6.30. The average Bonchev–Trinajstić information content (AvgIpc) is 2.91. The van der Waals surface area contributed by atoms with Crippen molar-refractivity contribution in [2.45, 2.75) is 26.2 Å². The lowest BCUT2D eigenvalue weighted by molar-refractivity contribution is -0.137. The van der Waals surface area contributed by atoms with E-state index in [1.54, 1.807) is 18.6 Å². The number of nitriles is 1. The topological polar surface area (TPSA) is 53.6 Å². The van der Waals surface area contributed by atoms with Crippen LogP contribution in [0.15, 0.2) is 30.7 Å². The summed E-state index contributed by atoms with van der Waals surface area (Å²) in [5.41, 5.74) is -0.133. The van der Waals surface area contributed by atoms with Crippen molar-refractivity contribution in [3.8, 4) is 6.07 Å². The summed E-state index contributed by atoms with van der Waals surface area (Å²) in [7, 11) is 0. The first-order valence-electron chi connectivity index (χ1n) is 6.30. The summed E-state index contributed by atoms with van der Waals surface area (Å²) in [5, 5.41) is 11.7. The molecule has 2 rings (SSSR count). The normalized spacial score (nSPS) is 11.2. The highest BCUT2D eigenvalue weighted by atomic mass is 19.4. The summed E-state index contributed by atoms with van der Waals surface area (Å²) in [6.45, 7) is 3.05. The van der Waals surface area contributed by atoms with Crippen molar-refractivity contribution in [1.29, 1.82) is 5.26 Å². The Morgan fingerprint density at radius 2 is 2.14 bits per heavy atom. The Hall–Kier alpha value is -2.49. The molecule has 21 heavy (non-hydrogen) atoms. The van der Waals surface area contributed by atoms with Gasteiger partial charge in [-0.3, -0.25) is 0 Å². The van der Waals surface area contributed by atoms with E-state index in [2.05, 4.69) is 10.3 Å². The summed E-state index contributed by atoms with van der Waals surface area (Å²) < 4.78 is 40.5. The van der Waals surface area contributed by atoms with E-state index >= 15 is 0 Å². The van der Waals surface area contributed by atoms with Crippen LogP contribution in [0.2, 0.25) is 0 Å². The van der Waals surface area contributed by atoms with Crippen LogP contribution in [0.3, 0.4) is 0 Å². The molecule has 0 aliphatic heterocycles. The molecule has 0 saturated carbocycles. The number of aromatic nitrogens is 2. The van der Waals surface area contributed by atoms with Gasteiger partial charge in [-0.2, -0.15) is 18.4 Å². The second kappa shape index (κ2) is 5.87. The maximum Gasteiger partial charge on any atom is 0.417 e. The Morgan fingerprint density at radius 3 is 2.76 bits per heavy atom. The molecule has 0 unspecified atom stereocenters. The average molecular weight is 294 g/mol. The number of nitrogens with zero attached hydrogens (tertiary/aromatic N) is 3. The van der Waals surface area contributed by atoms with Gasteiger partial charge >= 0.3 is 6.18 Å². The van der Waals surface area contributed by atoms with Gasteiger partial charge in [0.25, 0.3) is 0 Å². The van der Waals surface area contributed by atoms with Gasteiger partial charge in [0.1, 0.15) is 0 Å². The van der Waals surface area contributed by atoms with E-state index in [4.69, 9.17) is 5.26 Å². The van der Waals surface area contributed by atoms with E-state index in [1.165, 1.54) is 12.1 Å². The molecule has 7 heteroatoms. The number of alkyl halides is 3. The van der Waals surface area contributed by atoms with Crippen molar-refractivity contribution < 1.29 is 13.2 Å². The molecule has 0 radical (unpaired) electrons. The second-order valence-corrected chi connectivity index (χ2v) is 4.39. The molecule has 0 aliphatic rings. The molecule has 0 fully saturated rings. The van der Waals surface area contributed by atoms with Gasteiger partial charge in [0, 0.05) is 18.4 Å². The Kier molecular flexibility index (Phi) is 4.17. The predicted octanol–water partition coefficient (Wildman–Crippen LogP) is 3.41. The van der Waals surface area contributed by atoms with E-state index in [0.29, 0.717) is 12.2 Å². The van der Waals surface area contributed by atoms with Gasteiger partial charge in [-0.15, -0.1) is 0 Å². The molecular weight excluding hydrogens is 281 g/mol. The molecule has 0 bridgehead atoms. The fraction of sp³-hybridized carbons (Fsp3) is 0.286. The summed E-state index contributed by atoms with van der Waals surface area (Å²) >= 11 is 0. The van der Waals surface area contributed by atoms with Crippen LogP contribution in [0.25, 0.3) is 0 Å². The Morgan fingerprint density at radius 1 is 1.38 bits per heavy atom. The minimum Gasteiger partial charge on any atom is -0.379 e. The van der Waals surface area contributed by atoms with Crippen LogP contribution in [-0.4, -0.2) is 9.55 Å². The SMILES string of the molecule is CCn1cncc1CNc1ccc(C#N)c(C(F)(F)F)c1. The Bertz CT molecular complexity index is 668. The fourth-order valence-electron chi connectivity index (χ4n) is 1.96. The molecule has 2 aromatic rings. The molecule has 1 heterocycles. The molecule has 0 aliphatic carbocycles. The Balaban J connectivity index is 2.20. The maximum absolute atomic E-state index is 12.9. The highest BCUT2D eigenvalue weighted by molar-refractivity contribution is 5.53. The van der Waals surface area contributed by atoms with E-state index in [9.17, 15) is 13.2 Å². The van der Waals surface area contributed by atoms with Crippen LogP contribution < -0.4 is 5.32 Å². The van der Waals surface area contributed by atoms with Gasteiger partial charge < -0.3 is 9.88 Å². The van der Waals surface area contributed by atoms with Crippen LogP contribution in [0, 0.1) is 11.3 Å². The Labute approximate surface area is 119 Å². The molecular formula is C14H13F3N4. The number of hydrogen-bond donors (Lipinski definition) is 1. The number of hydrogen-bond acceptors (Lipinski definition) is 3. The molecule has 0 atom stereocenters. The highest BCUT2D eigenvalue weighted by Gasteiger charge is 2.33. The van der Waals surface area contributed by atoms with E-state index in [-0.39, 0.29) is 5.56 Å². The molecule has 0 saturated heterocycles. The number of nitrogens with one attached hydrogen (secondary N) is 1. The maximum atomic E-state index is 12.9. The fourth-order valence-corrected chi connectivity index (χ4v) is 1.96. The second-order valence-electron chi connectivity index (χ2n) is 4.39. The third-order valence-electron chi connectivity index (χ3n) is 3.06. The number of imidazole rings is 1. The van der Waals surface area contributed by atoms with E-state index in [1.807, 2.05) is 11.5 Å². The van der Waals surface area contributed by atoms with Crippen LogP contribution in [0.5, 0.6) is 0 Å². The van der Waals surface area contributed by atoms with Gasteiger partial charge in [0.2, 0.25) is 0 Å². The van der Waals surface area contributed by atoms with Crippen molar-refractivity contribution in [1.82, 2.24) is 9.55 Å². The molecule has 1 N–H and O–H groups in total. The monoisotopic (exact) mass is 294 g/mol. The van der Waals surface area contributed by atoms with E-state index in [0.717, 1.165) is 18.3 Å². The summed E-state index contributed by atoms with van der Waals surface area (Å²) in [5.74, 6) is 0. The van der Waals surface area contributed by atoms with E-state index < -0.39 is 11.7 Å². The number of benzene rings is 1. The van der Waals surface area contributed by atoms with Crippen molar-refractivity contribution in [2.75, 3.05) is 5.32 Å². The number of halogens is 3. The lowest BCUT2D eigenvalue weighted by Crippen LogP contribution is -2.10. The van der Waals surface area contributed by atoms with Crippen LogP contribution >= 0.6 is 0 Å². The molecule has 1 aromatic heterocycles.